The monoisotopic (exact) mass is 252 g/mol. The highest BCUT2D eigenvalue weighted by atomic mass is 16.5. The molecule has 0 saturated heterocycles. The maximum Gasteiger partial charge on any atom is 0.122 e. The number of aliphatic hydroxyl groups is 2. The van der Waals surface area contributed by atoms with Crippen molar-refractivity contribution in [1.82, 2.24) is 0 Å². The van der Waals surface area contributed by atoms with E-state index in [9.17, 15) is 5.11 Å². The number of benzene rings is 1. The van der Waals surface area contributed by atoms with Crippen molar-refractivity contribution in [2.75, 3.05) is 13.7 Å². The van der Waals surface area contributed by atoms with E-state index in [-0.39, 0.29) is 6.61 Å². The molecule has 0 aliphatic rings. The first kappa shape index (κ1) is 15.0. The molecule has 1 aromatic rings. The van der Waals surface area contributed by atoms with E-state index in [1.54, 1.807) is 7.11 Å². The van der Waals surface area contributed by atoms with E-state index in [4.69, 9.17) is 9.84 Å². The molecule has 0 aromatic heterocycles. The number of methoxy groups -OCH3 is 1. The van der Waals surface area contributed by atoms with E-state index in [1.165, 1.54) is 0 Å². The molecular weight excluding hydrogens is 228 g/mol. The molecule has 0 aliphatic carbocycles. The second kappa shape index (κ2) is 6.76. The Labute approximate surface area is 109 Å². The Hall–Kier alpha value is -1.06. The zero-order valence-electron chi connectivity index (χ0n) is 11.7. The van der Waals surface area contributed by atoms with Gasteiger partial charge in [0.05, 0.1) is 13.2 Å². The highest BCUT2D eigenvalue weighted by Crippen LogP contribution is 2.33. The lowest BCUT2D eigenvalue weighted by atomic mass is 9.92. The Bertz CT molecular complexity index is 386. The number of ether oxygens (including phenoxy) is 1. The minimum Gasteiger partial charge on any atom is -0.496 e. The van der Waals surface area contributed by atoms with Gasteiger partial charge in [-0.15, -0.1) is 0 Å². The van der Waals surface area contributed by atoms with Crippen LogP contribution in [0.15, 0.2) is 12.1 Å². The van der Waals surface area contributed by atoms with E-state index < -0.39 is 6.10 Å². The molecule has 0 bridgehead atoms. The van der Waals surface area contributed by atoms with Crippen LogP contribution in [-0.2, 0) is 0 Å². The fourth-order valence-corrected chi connectivity index (χ4v) is 2.14. The predicted octanol–water partition coefficient (Wildman–Crippen LogP) is 2.93. The first-order valence-electron chi connectivity index (χ1n) is 6.48. The summed E-state index contributed by atoms with van der Waals surface area (Å²) in [7, 11) is 1.67. The van der Waals surface area contributed by atoms with Crippen molar-refractivity contribution in [3.05, 3.63) is 28.8 Å². The summed E-state index contributed by atoms with van der Waals surface area (Å²) in [4.78, 5) is 0. The molecule has 0 amide bonds. The smallest absolute Gasteiger partial charge is 0.122 e. The van der Waals surface area contributed by atoms with Gasteiger partial charge in [0.2, 0.25) is 0 Å². The lowest BCUT2D eigenvalue weighted by Crippen LogP contribution is -2.05. The zero-order chi connectivity index (χ0) is 13.7. The number of aliphatic hydroxyl groups excluding tert-OH is 2. The van der Waals surface area contributed by atoms with Crippen LogP contribution in [0.4, 0.5) is 0 Å². The van der Waals surface area contributed by atoms with E-state index in [0.717, 1.165) is 22.4 Å². The molecular formula is C15H24O3. The second-order valence-corrected chi connectivity index (χ2v) is 4.99. The number of rotatable bonds is 6. The maximum atomic E-state index is 10.2. The fourth-order valence-electron chi connectivity index (χ4n) is 2.14. The van der Waals surface area contributed by atoms with Crippen molar-refractivity contribution in [3.63, 3.8) is 0 Å². The second-order valence-electron chi connectivity index (χ2n) is 4.99. The minimum absolute atomic E-state index is 0.114. The number of hydrogen-bond donors (Lipinski definition) is 2. The Morgan fingerprint density at radius 3 is 2.39 bits per heavy atom. The largest absolute Gasteiger partial charge is 0.496 e. The van der Waals surface area contributed by atoms with E-state index in [2.05, 4.69) is 13.8 Å². The van der Waals surface area contributed by atoms with E-state index in [0.29, 0.717) is 18.8 Å². The Morgan fingerprint density at radius 2 is 1.89 bits per heavy atom. The number of aryl methyl sites for hydroxylation is 1. The first-order chi connectivity index (χ1) is 8.51. The maximum absolute atomic E-state index is 10.2. The van der Waals surface area contributed by atoms with Gasteiger partial charge in [0, 0.05) is 6.61 Å². The van der Waals surface area contributed by atoms with E-state index in [1.807, 2.05) is 19.1 Å². The van der Waals surface area contributed by atoms with Crippen LogP contribution in [0.3, 0.4) is 0 Å². The average molecular weight is 252 g/mol. The summed E-state index contributed by atoms with van der Waals surface area (Å²) in [6.07, 6.45) is 0.686. The highest BCUT2D eigenvalue weighted by molar-refractivity contribution is 5.44. The molecule has 102 valence electrons. The van der Waals surface area contributed by atoms with Gasteiger partial charge < -0.3 is 14.9 Å². The summed E-state index contributed by atoms with van der Waals surface area (Å²) in [5.41, 5.74) is 3.08. The molecule has 0 radical (unpaired) electrons. The third-order valence-corrected chi connectivity index (χ3v) is 3.24. The molecule has 0 saturated carbocycles. The van der Waals surface area contributed by atoms with Crippen LogP contribution < -0.4 is 4.74 Å². The molecule has 0 heterocycles. The van der Waals surface area contributed by atoms with Crippen LogP contribution in [0.1, 0.15) is 55.4 Å². The molecule has 1 aromatic carbocycles. The van der Waals surface area contributed by atoms with Gasteiger partial charge in [-0.2, -0.15) is 0 Å². The van der Waals surface area contributed by atoms with Gasteiger partial charge in [-0.05, 0) is 54.5 Å². The van der Waals surface area contributed by atoms with Crippen LogP contribution in [0.25, 0.3) is 0 Å². The van der Waals surface area contributed by atoms with E-state index >= 15 is 0 Å². The van der Waals surface area contributed by atoms with Crippen LogP contribution in [0, 0.1) is 6.92 Å². The molecule has 0 aliphatic heterocycles. The summed E-state index contributed by atoms with van der Waals surface area (Å²) in [6.45, 7) is 6.31. The predicted molar refractivity (Wildman–Crippen MR) is 73.1 cm³/mol. The first-order valence-corrected chi connectivity index (χ1v) is 6.48. The highest BCUT2D eigenvalue weighted by Gasteiger charge is 2.16. The molecule has 18 heavy (non-hydrogen) atoms. The zero-order valence-corrected chi connectivity index (χ0v) is 11.7. The van der Waals surface area contributed by atoms with Crippen molar-refractivity contribution in [2.24, 2.45) is 0 Å². The minimum atomic E-state index is -0.513. The van der Waals surface area contributed by atoms with Gasteiger partial charge in [0.25, 0.3) is 0 Å². The molecule has 3 heteroatoms. The van der Waals surface area contributed by atoms with Crippen molar-refractivity contribution in [1.29, 1.82) is 0 Å². The fraction of sp³-hybridized carbons (Fsp3) is 0.600. The van der Waals surface area contributed by atoms with Gasteiger partial charge in [0.15, 0.2) is 0 Å². The van der Waals surface area contributed by atoms with Gasteiger partial charge in [0.1, 0.15) is 5.75 Å². The Balaban J connectivity index is 3.08. The molecule has 2 N–H and O–H groups in total. The Morgan fingerprint density at radius 1 is 1.22 bits per heavy atom. The summed E-state index contributed by atoms with van der Waals surface area (Å²) in [6, 6.07) is 4.01. The summed E-state index contributed by atoms with van der Waals surface area (Å²) in [5, 5.41) is 19.0. The third-order valence-electron chi connectivity index (χ3n) is 3.24. The van der Waals surface area contributed by atoms with Crippen LogP contribution in [0.2, 0.25) is 0 Å². The number of hydrogen-bond acceptors (Lipinski definition) is 3. The molecule has 1 rings (SSSR count). The van der Waals surface area contributed by atoms with Crippen molar-refractivity contribution in [2.45, 2.75) is 45.6 Å². The van der Waals surface area contributed by atoms with Crippen LogP contribution in [-0.4, -0.2) is 23.9 Å². The normalized spacial score (nSPS) is 12.8. The molecule has 1 atom stereocenters. The lowest BCUT2D eigenvalue weighted by molar-refractivity contribution is 0.151. The summed E-state index contributed by atoms with van der Waals surface area (Å²) in [5.74, 6) is 1.23. The van der Waals surface area contributed by atoms with Crippen molar-refractivity contribution in [3.8, 4) is 5.75 Å². The quantitative estimate of drug-likeness (QED) is 0.818. The SMILES string of the molecule is COc1cc(C)c(C(O)CCCO)cc1C(C)C. The van der Waals surface area contributed by atoms with Crippen LogP contribution >= 0.6 is 0 Å². The topological polar surface area (TPSA) is 49.7 Å². The van der Waals surface area contributed by atoms with Crippen molar-refractivity contribution < 1.29 is 14.9 Å². The van der Waals surface area contributed by atoms with Gasteiger partial charge in [-0.1, -0.05) is 13.8 Å². The van der Waals surface area contributed by atoms with Crippen LogP contribution in [0.5, 0.6) is 5.75 Å². The molecule has 0 spiro atoms. The Kier molecular flexibility index (Phi) is 5.63. The van der Waals surface area contributed by atoms with Gasteiger partial charge >= 0.3 is 0 Å². The lowest BCUT2D eigenvalue weighted by Gasteiger charge is -2.19. The molecule has 0 fully saturated rings. The van der Waals surface area contributed by atoms with Crippen molar-refractivity contribution >= 4 is 0 Å². The standard InChI is InChI=1S/C15H24O3/c1-10(2)12-9-13(14(17)6-5-7-16)11(3)8-15(12)18-4/h8-10,14,16-17H,5-7H2,1-4H3. The third kappa shape index (κ3) is 3.47. The van der Waals surface area contributed by atoms with Gasteiger partial charge in [-0.3, -0.25) is 0 Å². The van der Waals surface area contributed by atoms with Gasteiger partial charge in [-0.25, -0.2) is 0 Å². The molecule has 1 unspecified atom stereocenters. The average Bonchev–Trinajstić information content (AvgIpc) is 2.34. The summed E-state index contributed by atoms with van der Waals surface area (Å²) >= 11 is 0. The molecule has 3 nitrogen and oxygen atoms in total. The summed E-state index contributed by atoms with van der Waals surface area (Å²) < 4.78 is 5.38.